The third-order valence-electron chi connectivity index (χ3n) is 1.32. The molecule has 0 bridgehead atoms. The van der Waals surface area contributed by atoms with Gasteiger partial charge < -0.3 is 4.74 Å². The van der Waals surface area contributed by atoms with E-state index in [1.165, 1.54) is 5.56 Å². The third kappa shape index (κ3) is 4.59. The summed E-state index contributed by atoms with van der Waals surface area (Å²) < 4.78 is 5.22. The van der Waals surface area contributed by atoms with Crippen molar-refractivity contribution in [1.29, 1.82) is 0 Å². The summed E-state index contributed by atoms with van der Waals surface area (Å²) in [7, 11) is 0. The maximum atomic E-state index is 5.22. The molecule has 0 atom stereocenters. The van der Waals surface area contributed by atoms with Gasteiger partial charge in [0.1, 0.15) is 0 Å². The first-order chi connectivity index (χ1) is 4.93. The second-order valence-electron chi connectivity index (χ2n) is 2.12. The van der Waals surface area contributed by atoms with Gasteiger partial charge in [-0.05, 0) is 12.5 Å². The molecule has 0 spiro atoms. The summed E-state index contributed by atoms with van der Waals surface area (Å²) in [6.07, 6.45) is 0. The van der Waals surface area contributed by atoms with Crippen molar-refractivity contribution >= 4 is 29.6 Å². The summed E-state index contributed by atoms with van der Waals surface area (Å²) in [5.74, 6) is 0. The van der Waals surface area contributed by atoms with Crippen LogP contribution >= 0.6 is 0 Å². The van der Waals surface area contributed by atoms with Crippen molar-refractivity contribution in [2.45, 2.75) is 13.5 Å². The van der Waals surface area contributed by atoms with Gasteiger partial charge in [0, 0.05) is 6.61 Å². The molecule has 0 aromatic heterocycles. The Bertz CT molecular complexity index is 174. The number of benzene rings is 1. The Morgan fingerprint density at radius 2 is 1.82 bits per heavy atom. The van der Waals surface area contributed by atoms with Crippen LogP contribution in [0.3, 0.4) is 0 Å². The normalized spacial score (nSPS) is 8.82. The minimum atomic E-state index is 0. The van der Waals surface area contributed by atoms with Crippen LogP contribution in [0.15, 0.2) is 30.3 Å². The zero-order chi connectivity index (χ0) is 7.23. The summed E-state index contributed by atoms with van der Waals surface area (Å²) in [5, 5.41) is 0. The van der Waals surface area contributed by atoms with Crippen LogP contribution < -0.4 is 0 Å². The summed E-state index contributed by atoms with van der Waals surface area (Å²) >= 11 is 0. The number of rotatable bonds is 3. The van der Waals surface area contributed by atoms with Crippen molar-refractivity contribution in [2.24, 2.45) is 0 Å². The Morgan fingerprint density at radius 1 is 1.18 bits per heavy atom. The Hall–Kier alpha value is 0.180. The van der Waals surface area contributed by atoms with Crippen molar-refractivity contribution in [2.75, 3.05) is 6.61 Å². The second-order valence-corrected chi connectivity index (χ2v) is 2.12. The summed E-state index contributed by atoms with van der Waals surface area (Å²) in [6.45, 7) is 3.52. The van der Waals surface area contributed by atoms with Crippen molar-refractivity contribution in [1.82, 2.24) is 0 Å². The first kappa shape index (κ1) is 11.2. The van der Waals surface area contributed by atoms with Gasteiger partial charge in [0.05, 0.1) is 6.61 Å². The molecule has 1 aromatic carbocycles. The molecule has 1 aromatic rings. The number of hydrogen-bond donors (Lipinski definition) is 0. The average molecular weight is 160 g/mol. The predicted molar refractivity (Wildman–Crippen MR) is 48.9 cm³/mol. The fourth-order valence-corrected chi connectivity index (χ4v) is 0.794. The zero-order valence-corrected chi connectivity index (χ0v) is 6.21. The van der Waals surface area contributed by atoms with Crippen LogP contribution in [0.4, 0.5) is 0 Å². The van der Waals surface area contributed by atoms with E-state index in [4.69, 9.17) is 4.74 Å². The van der Waals surface area contributed by atoms with Gasteiger partial charge in [-0.3, -0.25) is 0 Å². The molecule has 0 saturated heterocycles. The van der Waals surface area contributed by atoms with Crippen LogP contribution in [0.2, 0.25) is 0 Å². The van der Waals surface area contributed by atoms with Gasteiger partial charge >= 0.3 is 29.6 Å². The molecule has 11 heavy (non-hydrogen) atoms. The fraction of sp³-hybridized carbons (Fsp3) is 0.333. The van der Waals surface area contributed by atoms with Crippen LogP contribution in [0.25, 0.3) is 0 Å². The van der Waals surface area contributed by atoms with E-state index in [9.17, 15) is 0 Å². The standard InChI is InChI=1S/C9H12O.Na.H/c1-2-10-8-9-6-4-3-5-7-9;;/h3-7H,2,8H2,1H3;;. The van der Waals surface area contributed by atoms with Crippen LogP contribution in [-0.2, 0) is 11.3 Å². The van der Waals surface area contributed by atoms with Crippen LogP contribution in [-0.4, -0.2) is 36.2 Å². The molecule has 1 nitrogen and oxygen atoms in total. The van der Waals surface area contributed by atoms with Crippen molar-refractivity contribution in [3.63, 3.8) is 0 Å². The molecule has 0 radical (unpaired) electrons. The maximum absolute atomic E-state index is 5.22. The molecule has 0 fully saturated rings. The third-order valence-corrected chi connectivity index (χ3v) is 1.32. The van der Waals surface area contributed by atoms with E-state index < -0.39 is 0 Å². The number of hydrogen-bond acceptors (Lipinski definition) is 1. The molecule has 0 heterocycles. The molecule has 2 heteroatoms. The molecular weight excluding hydrogens is 147 g/mol. The van der Waals surface area contributed by atoms with Crippen LogP contribution in [0.1, 0.15) is 12.5 Å². The quantitative estimate of drug-likeness (QED) is 0.610. The van der Waals surface area contributed by atoms with E-state index in [2.05, 4.69) is 12.1 Å². The number of ether oxygens (including phenoxy) is 1. The van der Waals surface area contributed by atoms with Gasteiger partial charge in [-0.15, -0.1) is 0 Å². The van der Waals surface area contributed by atoms with E-state index in [0.29, 0.717) is 0 Å². The van der Waals surface area contributed by atoms with E-state index in [0.717, 1.165) is 13.2 Å². The SMILES string of the molecule is CCOCc1ccccc1.[NaH]. The molecule has 0 aliphatic rings. The van der Waals surface area contributed by atoms with E-state index in [1.54, 1.807) is 0 Å². The molecule has 0 amide bonds. The molecular formula is C9H13NaO. The first-order valence-corrected chi connectivity index (χ1v) is 3.55. The van der Waals surface area contributed by atoms with Gasteiger partial charge in [0.2, 0.25) is 0 Å². The zero-order valence-electron chi connectivity index (χ0n) is 6.21. The van der Waals surface area contributed by atoms with Crippen LogP contribution in [0.5, 0.6) is 0 Å². The monoisotopic (exact) mass is 160 g/mol. The van der Waals surface area contributed by atoms with Crippen LogP contribution in [0, 0.1) is 0 Å². The first-order valence-electron chi connectivity index (χ1n) is 3.55. The minimum absolute atomic E-state index is 0. The Morgan fingerprint density at radius 3 is 2.36 bits per heavy atom. The van der Waals surface area contributed by atoms with Gasteiger partial charge in [-0.2, -0.15) is 0 Å². The molecule has 0 aliphatic carbocycles. The molecule has 0 aliphatic heterocycles. The summed E-state index contributed by atoms with van der Waals surface area (Å²) in [4.78, 5) is 0. The Balaban J connectivity index is 0.000001000. The molecule has 0 saturated carbocycles. The van der Waals surface area contributed by atoms with E-state index in [1.807, 2.05) is 25.1 Å². The molecule has 56 valence electrons. The van der Waals surface area contributed by atoms with Gasteiger partial charge in [-0.25, -0.2) is 0 Å². The summed E-state index contributed by atoms with van der Waals surface area (Å²) in [6, 6.07) is 10.2. The topological polar surface area (TPSA) is 9.23 Å². The van der Waals surface area contributed by atoms with Crippen molar-refractivity contribution in [3.8, 4) is 0 Å². The second kappa shape index (κ2) is 6.86. The average Bonchev–Trinajstić information content (AvgIpc) is 2.03. The van der Waals surface area contributed by atoms with E-state index in [-0.39, 0.29) is 29.6 Å². The van der Waals surface area contributed by atoms with Gasteiger partial charge in [0.15, 0.2) is 0 Å². The van der Waals surface area contributed by atoms with Crippen molar-refractivity contribution in [3.05, 3.63) is 35.9 Å². The summed E-state index contributed by atoms with van der Waals surface area (Å²) in [5.41, 5.74) is 1.24. The van der Waals surface area contributed by atoms with Gasteiger partial charge in [0.25, 0.3) is 0 Å². The predicted octanol–water partition coefficient (Wildman–Crippen LogP) is 1.57. The Kier molecular flexibility index (Phi) is 6.98. The Labute approximate surface area is 90.1 Å². The van der Waals surface area contributed by atoms with Gasteiger partial charge in [-0.1, -0.05) is 30.3 Å². The van der Waals surface area contributed by atoms with E-state index >= 15 is 0 Å². The molecule has 1 rings (SSSR count). The molecule has 0 N–H and O–H groups in total. The van der Waals surface area contributed by atoms with Crippen molar-refractivity contribution < 1.29 is 4.74 Å². The molecule has 0 unspecified atom stereocenters. The fourth-order valence-electron chi connectivity index (χ4n) is 0.794.